The summed E-state index contributed by atoms with van der Waals surface area (Å²) in [5.41, 5.74) is 5.16. The topological polar surface area (TPSA) is 100 Å². The van der Waals surface area contributed by atoms with Crippen LogP contribution in [0.25, 0.3) is 21.8 Å². The summed E-state index contributed by atoms with van der Waals surface area (Å²) in [6, 6.07) is 22.6. The summed E-state index contributed by atoms with van der Waals surface area (Å²) in [6.45, 7) is 12.0. The minimum Gasteiger partial charge on any atom is -0.310 e. The number of piperidine rings is 2. The zero-order valence-corrected chi connectivity index (χ0v) is 33.5. The standard InChI is InChI=1S/2C23H27FN4O/c2*1-17-2-3-18(14-21(17)24)15-26-20-7-10-27(11-8-20)12-13-28-22-16-25-9-6-19(22)4-5-23(28)29/h2*2-6,9,14,16,20,26H,7-8,10-13,15H2,1H3. The van der Waals surface area contributed by atoms with Crippen molar-refractivity contribution in [2.24, 2.45) is 0 Å². The van der Waals surface area contributed by atoms with Crippen molar-refractivity contribution in [3.05, 3.63) is 152 Å². The number of aromatic nitrogens is 4. The third-order valence-electron chi connectivity index (χ3n) is 11.7. The van der Waals surface area contributed by atoms with Crippen LogP contribution >= 0.6 is 0 Å². The van der Waals surface area contributed by atoms with Crippen molar-refractivity contribution in [1.29, 1.82) is 0 Å². The smallest absolute Gasteiger partial charge is 0.251 e. The maximum atomic E-state index is 13.7. The number of fused-ring (bicyclic) bond motifs is 2. The zero-order valence-electron chi connectivity index (χ0n) is 33.5. The molecule has 4 aromatic heterocycles. The largest absolute Gasteiger partial charge is 0.310 e. The summed E-state index contributed by atoms with van der Waals surface area (Å²) < 4.78 is 31.0. The molecule has 10 nitrogen and oxygen atoms in total. The minimum atomic E-state index is -0.141. The number of rotatable bonds is 12. The minimum absolute atomic E-state index is 0.0207. The van der Waals surface area contributed by atoms with Crippen molar-refractivity contribution in [2.45, 2.75) is 77.8 Å². The number of likely N-dealkylation sites (tertiary alicyclic amines) is 2. The van der Waals surface area contributed by atoms with Gasteiger partial charge in [-0.3, -0.25) is 19.6 Å². The lowest BCUT2D eigenvalue weighted by Gasteiger charge is -2.32. The monoisotopic (exact) mass is 788 g/mol. The Morgan fingerprint density at radius 1 is 0.569 bits per heavy atom. The van der Waals surface area contributed by atoms with Crippen LogP contribution in [-0.4, -0.2) is 80.3 Å². The van der Waals surface area contributed by atoms with Crippen molar-refractivity contribution in [3.63, 3.8) is 0 Å². The highest BCUT2D eigenvalue weighted by Crippen LogP contribution is 2.17. The van der Waals surface area contributed by atoms with Crippen LogP contribution in [0.3, 0.4) is 0 Å². The average Bonchev–Trinajstić information content (AvgIpc) is 3.25. The Morgan fingerprint density at radius 3 is 1.38 bits per heavy atom. The Morgan fingerprint density at radius 2 is 0.983 bits per heavy atom. The second kappa shape index (κ2) is 19.5. The molecule has 6 heterocycles. The van der Waals surface area contributed by atoms with Crippen LogP contribution in [0.15, 0.2) is 107 Å². The van der Waals surface area contributed by atoms with E-state index in [1.165, 1.54) is 0 Å². The van der Waals surface area contributed by atoms with E-state index in [9.17, 15) is 18.4 Å². The van der Waals surface area contributed by atoms with E-state index in [4.69, 9.17) is 0 Å². The van der Waals surface area contributed by atoms with Crippen LogP contribution in [0.5, 0.6) is 0 Å². The summed E-state index contributed by atoms with van der Waals surface area (Å²) in [7, 11) is 0. The highest BCUT2D eigenvalue weighted by Gasteiger charge is 2.20. The molecule has 0 amide bonds. The SMILES string of the molecule is Cc1ccc(CNC2CCN(CCn3c(=O)ccc4ccncc43)CC2)cc1F.Cc1ccc(CNC2CCN(CCn3c(=O)ccc4ccncc43)CC2)cc1F. The Kier molecular flexibility index (Phi) is 13.8. The van der Waals surface area contributed by atoms with Gasteiger partial charge in [0, 0.05) is 86.7 Å². The summed E-state index contributed by atoms with van der Waals surface area (Å²) in [6.07, 6.45) is 11.3. The van der Waals surface area contributed by atoms with E-state index < -0.39 is 0 Å². The molecule has 2 saturated heterocycles. The molecule has 8 rings (SSSR count). The first kappa shape index (κ1) is 41.0. The molecule has 0 aliphatic carbocycles. The molecule has 58 heavy (non-hydrogen) atoms. The van der Waals surface area contributed by atoms with E-state index >= 15 is 0 Å². The Hall–Kier alpha value is -5.14. The molecule has 0 bridgehead atoms. The molecule has 0 radical (unpaired) electrons. The van der Waals surface area contributed by atoms with Crippen LogP contribution in [-0.2, 0) is 26.2 Å². The third-order valence-corrected chi connectivity index (χ3v) is 11.7. The molecule has 12 heteroatoms. The van der Waals surface area contributed by atoms with Gasteiger partial charge in [-0.2, -0.15) is 0 Å². The molecule has 0 atom stereocenters. The van der Waals surface area contributed by atoms with Crippen LogP contribution < -0.4 is 21.8 Å². The van der Waals surface area contributed by atoms with Crippen LogP contribution in [0.4, 0.5) is 8.78 Å². The summed E-state index contributed by atoms with van der Waals surface area (Å²) in [4.78, 5) is 37.8. The fourth-order valence-electron chi connectivity index (χ4n) is 7.95. The van der Waals surface area contributed by atoms with E-state index in [0.29, 0.717) is 49.4 Å². The Labute approximate surface area is 338 Å². The number of benzene rings is 2. The second-order valence-corrected chi connectivity index (χ2v) is 15.7. The molecule has 0 unspecified atom stereocenters. The van der Waals surface area contributed by atoms with Crippen molar-refractivity contribution in [2.75, 3.05) is 39.3 Å². The van der Waals surface area contributed by atoms with E-state index in [0.717, 1.165) is 97.9 Å². The van der Waals surface area contributed by atoms with Gasteiger partial charge in [0.2, 0.25) is 0 Å². The predicted octanol–water partition coefficient (Wildman–Crippen LogP) is 6.20. The number of nitrogens with zero attached hydrogens (tertiary/aromatic N) is 6. The summed E-state index contributed by atoms with van der Waals surface area (Å²) in [5.74, 6) is -0.281. The molecule has 2 fully saturated rings. The van der Waals surface area contributed by atoms with Crippen molar-refractivity contribution < 1.29 is 8.78 Å². The molecule has 6 aromatic rings. The number of hydrogen-bond donors (Lipinski definition) is 2. The van der Waals surface area contributed by atoms with Gasteiger partial charge < -0.3 is 29.6 Å². The van der Waals surface area contributed by atoms with Crippen LogP contribution in [0, 0.1) is 25.5 Å². The number of nitrogens with one attached hydrogen (secondary N) is 2. The lowest BCUT2D eigenvalue weighted by molar-refractivity contribution is 0.191. The summed E-state index contributed by atoms with van der Waals surface area (Å²) >= 11 is 0. The number of aryl methyl sites for hydroxylation is 2. The average molecular weight is 789 g/mol. The van der Waals surface area contributed by atoms with Gasteiger partial charge in [-0.15, -0.1) is 0 Å². The lowest BCUT2D eigenvalue weighted by Crippen LogP contribution is -2.43. The number of hydrogen-bond acceptors (Lipinski definition) is 8. The first-order chi connectivity index (χ1) is 28.2. The van der Waals surface area contributed by atoms with Gasteiger partial charge in [0.1, 0.15) is 11.6 Å². The molecule has 2 aliphatic heterocycles. The van der Waals surface area contributed by atoms with Gasteiger partial charge in [-0.05, 0) is 124 Å². The molecule has 2 aromatic carbocycles. The highest BCUT2D eigenvalue weighted by atomic mass is 19.1. The number of halogens is 2. The lowest BCUT2D eigenvalue weighted by atomic mass is 10.0. The highest BCUT2D eigenvalue weighted by molar-refractivity contribution is 5.78. The molecule has 2 aliphatic rings. The molecular weight excluding hydrogens is 735 g/mol. The Bertz CT molecular complexity index is 2250. The molecular formula is C46H54F2N8O2. The Balaban J connectivity index is 0.000000177. The first-order valence-corrected chi connectivity index (χ1v) is 20.5. The van der Waals surface area contributed by atoms with Crippen LogP contribution in [0.2, 0.25) is 0 Å². The maximum absolute atomic E-state index is 13.7. The molecule has 0 saturated carbocycles. The van der Waals surface area contributed by atoms with E-state index in [2.05, 4.69) is 30.4 Å². The van der Waals surface area contributed by atoms with Crippen LogP contribution in [0.1, 0.15) is 47.9 Å². The number of pyridine rings is 4. The zero-order chi connectivity index (χ0) is 40.4. The van der Waals surface area contributed by atoms with Gasteiger partial charge in [0.05, 0.1) is 23.4 Å². The quantitative estimate of drug-likeness (QED) is 0.152. The van der Waals surface area contributed by atoms with Crippen molar-refractivity contribution in [1.82, 2.24) is 39.5 Å². The first-order valence-electron chi connectivity index (χ1n) is 20.5. The fraction of sp³-hybridized carbons (Fsp3) is 0.391. The molecule has 0 spiro atoms. The van der Waals surface area contributed by atoms with Gasteiger partial charge >= 0.3 is 0 Å². The molecule has 2 N–H and O–H groups in total. The predicted molar refractivity (Wildman–Crippen MR) is 227 cm³/mol. The van der Waals surface area contributed by atoms with Crippen molar-refractivity contribution in [3.8, 4) is 0 Å². The molecule has 304 valence electrons. The summed E-state index contributed by atoms with van der Waals surface area (Å²) in [5, 5.41) is 9.18. The normalized spacial score (nSPS) is 15.8. The van der Waals surface area contributed by atoms with E-state index in [1.807, 2.05) is 57.7 Å². The van der Waals surface area contributed by atoms with Crippen molar-refractivity contribution >= 4 is 21.8 Å². The van der Waals surface area contributed by atoms with E-state index in [1.54, 1.807) is 62.9 Å². The van der Waals surface area contributed by atoms with E-state index in [-0.39, 0.29) is 22.8 Å². The van der Waals surface area contributed by atoms with Gasteiger partial charge in [0.15, 0.2) is 0 Å². The fourth-order valence-corrected chi connectivity index (χ4v) is 7.95. The second-order valence-electron chi connectivity index (χ2n) is 15.7. The maximum Gasteiger partial charge on any atom is 0.251 e. The van der Waals surface area contributed by atoms with Gasteiger partial charge in [-0.25, -0.2) is 8.78 Å². The van der Waals surface area contributed by atoms with Gasteiger partial charge in [0.25, 0.3) is 11.1 Å². The van der Waals surface area contributed by atoms with Gasteiger partial charge in [-0.1, -0.05) is 24.3 Å². The third kappa shape index (κ3) is 10.7.